The molecular weight excluding hydrogens is 380 g/mol. The molecule has 2 aliphatic rings. The maximum absolute atomic E-state index is 13.0. The minimum Gasteiger partial charge on any atom is -0.466 e. The Bertz CT molecular complexity index is 714. The Morgan fingerprint density at radius 2 is 1.68 bits per heavy atom. The quantitative estimate of drug-likeness (QED) is 0.721. The van der Waals surface area contributed by atoms with E-state index in [4.69, 9.17) is 16.3 Å². The van der Waals surface area contributed by atoms with Gasteiger partial charge in [-0.2, -0.15) is 0 Å². The van der Waals surface area contributed by atoms with Crippen molar-refractivity contribution >= 4 is 29.4 Å². The van der Waals surface area contributed by atoms with Gasteiger partial charge in [-0.1, -0.05) is 11.6 Å². The van der Waals surface area contributed by atoms with Crippen molar-refractivity contribution < 1.29 is 19.1 Å². The van der Waals surface area contributed by atoms with Crippen LogP contribution in [0.25, 0.3) is 0 Å². The Morgan fingerprint density at radius 1 is 1.00 bits per heavy atom. The van der Waals surface area contributed by atoms with Crippen molar-refractivity contribution in [2.24, 2.45) is 11.8 Å². The molecule has 0 radical (unpaired) electrons. The number of benzene rings is 1. The van der Waals surface area contributed by atoms with E-state index in [1.807, 2.05) is 4.90 Å². The molecule has 0 spiro atoms. The molecule has 2 amide bonds. The minimum absolute atomic E-state index is 0.0600. The number of carbonyl (C=O) groups excluding carboxylic acids is 3. The van der Waals surface area contributed by atoms with E-state index in [9.17, 15) is 14.4 Å². The van der Waals surface area contributed by atoms with Gasteiger partial charge >= 0.3 is 5.97 Å². The number of rotatable bonds is 4. The number of likely N-dealkylation sites (tertiary alicyclic amines) is 2. The van der Waals surface area contributed by atoms with Crippen molar-refractivity contribution in [3.05, 3.63) is 34.9 Å². The van der Waals surface area contributed by atoms with E-state index in [2.05, 4.69) is 0 Å². The van der Waals surface area contributed by atoms with Crippen LogP contribution in [0.15, 0.2) is 24.3 Å². The molecule has 28 heavy (non-hydrogen) atoms. The van der Waals surface area contributed by atoms with Crippen LogP contribution in [0.3, 0.4) is 0 Å². The smallest absolute Gasteiger partial charge is 0.309 e. The van der Waals surface area contributed by atoms with Crippen LogP contribution in [0.4, 0.5) is 0 Å². The fraction of sp³-hybridized carbons (Fsp3) is 0.571. The summed E-state index contributed by atoms with van der Waals surface area (Å²) < 4.78 is 5.09. The molecule has 1 aromatic carbocycles. The zero-order valence-electron chi connectivity index (χ0n) is 16.2. The summed E-state index contributed by atoms with van der Waals surface area (Å²) in [7, 11) is 0. The van der Waals surface area contributed by atoms with Crippen LogP contribution in [0.5, 0.6) is 0 Å². The number of ether oxygens (including phenoxy) is 1. The Kier molecular flexibility index (Phi) is 6.94. The third kappa shape index (κ3) is 4.85. The van der Waals surface area contributed by atoms with Gasteiger partial charge in [-0.25, -0.2) is 0 Å². The van der Waals surface area contributed by atoms with Gasteiger partial charge in [-0.3, -0.25) is 14.4 Å². The number of carbonyl (C=O) groups is 3. The standard InChI is InChI=1S/C21H27ClN2O4/c1-2-28-21(27)16-9-12-23(13-10-16)20(26)17-4-3-11-24(14-17)19(25)15-5-7-18(22)8-6-15/h5-8,16-17H,2-4,9-14H2,1H3. The third-order valence-electron chi connectivity index (χ3n) is 5.58. The van der Waals surface area contributed by atoms with Crippen LogP contribution < -0.4 is 0 Å². The highest BCUT2D eigenvalue weighted by molar-refractivity contribution is 6.30. The summed E-state index contributed by atoms with van der Waals surface area (Å²) in [4.78, 5) is 41.2. The number of nitrogens with zero attached hydrogens (tertiary/aromatic N) is 2. The van der Waals surface area contributed by atoms with Crippen molar-refractivity contribution in [2.45, 2.75) is 32.6 Å². The normalized spacial score (nSPS) is 20.7. The second kappa shape index (κ2) is 9.41. The molecule has 7 heteroatoms. The van der Waals surface area contributed by atoms with Crippen molar-refractivity contribution in [1.29, 1.82) is 0 Å². The second-order valence-electron chi connectivity index (χ2n) is 7.45. The number of halogens is 1. The zero-order chi connectivity index (χ0) is 20.1. The lowest BCUT2D eigenvalue weighted by Gasteiger charge is -2.37. The van der Waals surface area contributed by atoms with E-state index >= 15 is 0 Å². The van der Waals surface area contributed by atoms with E-state index in [0.717, 1.165) is 12.8 Å². The third-order valence-corrected chi connectivity index (χ3v) is 5.83. The number of amides is 2. The maximum atomic E-state index is 13.0. The fourth-order valence-corrected chi connectivity index (χ4v) is 4.12. The summed E-state index contributed by atoms with van der Waals surface area (Å²) in [6, 6.07) is 6.84. The van der Waals surface area contributed by atoms with E-state index in [1.165, 1.54) is 0 Å². The van der Waals surface area contributed by atoms with Crippen LogP contribution >= 0.6 is 11.6 Å². The summed E-state index contributed by atoms with van der Waals surface area (Å²) in [5.41, 5.74) is 0.591. The van der Waals surface area contributed by atoms with Gasteiger partial charge in [-0.05, 0) is 56.9 Å². The maximum Gasteiger partial charge on any atom is 0.309 e. The van der Waals surface area contributed by atoms with E-state index in [0.29, 0.717) is 56.2 Å². The average Bonchev–Trinajstić information content (AvgIpc) is 2.73. The molecule has 2 heterocycles. The van der Waals surface area contributed by atoms with Crippen LogP contribution in [0.1, 0.15) is 43.0 Å². The van der Waals surface area contributed by atoms with Crippen LogP contribution in [0, 0.1) is 11.8 Å². The second-order valence-corrected chi connectivity index (χ2v) is 7.89. The highest BCUT2D eigenvalue weighted by Crippen LogP contribution is 2.25. The number of esters is 1. The molecule has 2 fully saturated rings. The first-order chi connectivity index (χ1) is 13.5. The van der Waals surface area contributed by atoms with Crippen molar-refractivity contribution in [2.75, 3.05) is 32.8 Å². The van der Waals surface area contributed by atoms with Gasteiger partial charge in [0.2, 0.25) is 5.91 Å². The van der Waals surface area contributed by atoms with Crippen molar-refractivity contribution in [3.63, 3.8) is 0 Å². The van der Waals surface area contributed by atoms with Crippen LogP contribution in [-0.2, 0) is 14.3 Å². The average molecular weight is 407 g/mol. The summed E-state index contributed by atoms with van der Waals surface area (Å²) in [6.07, 6.45) is 2.89. The molecule has 1 unspecified atom stereocenters. The Morgan fingerprint density at radius 3 is 2.32 bits per heavy atom. The van der Waals surface area contributed by atoms with Crippen LogP contribution in [-0.4, -0.2) is 60.4 Å². The molecule has 1 aromatic rings. The fourth-order valence-electron chi connectivity index (χ4n) is 3.99. The van der Waals surface area contributed by atoms with Gasteiger partial charge < -0.3 is 14.5 Å². The first-order valence-electron chi connectivity index (χ1n) is 10.00. The lowest BCUT2D eigenvalue weighted by molar-refractivity contribution is -0.152. The summed E-state index contributed by atoms with van der Waals surface area (Å²) >= 11 is 5.90. The molecule has 2 saturated heterocycles. The summed E-state index contributed by atoms with van der Waals surface area (Å²) in [5, 5.41) is 0.592. The Hall–Kier alpha value is -2.08. The van der Waals surface area contributed by atoms with Gasteiger partial charge in [0.25, 0.3) is 5.91 Å². The lowest BCUT2D eigenvalue weighted by atomic mass is 9.92. The van der Waals surface area contributed by atoms with Gasteiger partial charge in [0.1, 0.15) is 0 Å². The van der Waals surface area contributed by atoms with E-state index in [-0.39, 0.29) is 29.6 Å². The van der Waals surface area contributed by atoms with Crippen molar-refractivity contribution in [3.8, 4) is 0 Å². The molecule has 0 bridgehead atoms. The molecule has 0 aromatic heterocycles. The topological polar surface area (TPSA) is 66.9 Å². The predicted molar refractivity (Wildman–Crippen MR) is 106 cm³/mol. The molecule has 0 N–H and O–H groups in total. The Balaban J connectivity index is 1.55. The molecule has 3 rings (SSSR count). The molecule has 152 valence electrons. The Labute approximate surface area is 170 Å². The summed E-state index contributed by atoms with van der Waals surface area (Å²) in [6.45, 7) is 4.44. The largest absolute Gasteiger partial charge is 0.466 e. The SMILES string of the molecule is CCOC(=O)C1CCN(C(=O)C2CCCN(C(=O)c3ccc(Cl)cc3)C2)CC1. The first-order valence-corrected chi connectivity index (χ1v) is 10.4. The highest BCUT2D eigenvalue weighted by atomic mass is 35.5. The van der Waals surface area contributed by atoms with Crippen LogP contribution in [0.2, 0.25) is 5.02 Å². The minimum atomic E-state index is -0.177. The molecule has 0 aliphatic carbocycles. The lowest BCUT2D eigenvalue weighted by Crippen LogP contribution is -2.49. The summed E-state index contributed by atoms with van der Waals surface area (Å²) in [5.74, 6) is -0.416. The number of hydrogen-bond acceptors (Lipinski definition) is 4. The van der Waals surface area contributed by atoms with E-state index in [1.54, 1.807) is 36.1 Å². The molecule has 0 saturated carbocycles. The first kappa shape index (κ1) is 20.6. The van der Waals surface area contributed by atoms with Gasteiger partial charge in [-0.15, -0.1) is 0 Å². The predicted octanol–water partition coefficient (Wildman–Crippen LogP) is 2.99. The van der Waals surface area contributed by atoms with Gasteiger partial charge in [0, 0.05) is 36.8 Å². The zero-order valence-corrected chi connectivity index (χ0v) is 17.0. The monoisotopic (exact) mass is 406 g/mol. The molecular formula is C21H27ClN2O4. The molecule has 1 atom stereocenters. The van der Waals surface area contributed by atoms with Gasteiger partial charge in [0.15, 0.2) is 0 Å². The highest BCUT2D eigenvalue weighted by Gasteiger charge is 2.34. The van der Waals surface area contributed by atoms with Gasteiger partial charge in [0.05, 0.1) is 18.4 Å². The number of hydrogen-bond donors (Lipinski definition) is 0. The van der Waals surface area contributed by atoms with E-state index < -0.39 is 0 Å². The van der Waals surface area contributed by atoms with Crippen molar-refractivity contribution in [1.82, 2.24) is 9.80 Å². The molecule has 2 aliphatic heterocycles. The number of piperidine rings is 2. The molecule has 6 nitrogen and oxygen atoms in total.